The summed E-state index contributed by atoms with van der Waals surface area (Å²) >= 11 is 0. The maximum atomic E-state index is 12.1. The summed E-state index contributed by atoms with van der Waals surface area (Å²) in [5.41, 5.74) is -0.848. The van der Waals surface area contributed by atoms with Gasteiger partial charge in [0.15, 0.2) is 0 Å². The van der Waals surface area contributed by atoms with Gasteiger partial charge >= 0.3 is 18.1 Å². The van der Waals surface area contributed by atoms with E-state index in [1.807, 2.05) is 0 Å². The zero-order chi connectivity index (χ0) is 14.6. The van der Waals surface area contributed by atoms with Crippen LogP contribution in [0, 0.1) is 0 Å². The van der Waals surface area contributed by atoms with Crippen molar-refractivity contribution in [3.8, 4) is 0 Å². The molecule has 0 heterocycles. The van der Waals surface area contributed by atoms with Crippen molar-refractivity contribution in [3.63, 3.8) is 0 Å². The van der Waals surface area contributed by atoms with Crippen LogP contribution in [0.25, 0.3) is 0 Å². The van der Waals surface area contributed by atoms with E-state index in [-0.39, 0.29) is 6.42 Å². The van der Waals surface area contributed by atoms with Gasteiger partial charge in [-0.3, -0.25) is 4.79 Å². The first kappa shape index (κ1) is 16.5. The van der Waals surface area contributed by atoms with Crippen LogP contribution in [0.15, 0.2) is 12.7 Å². The van der Waals surface area contributed by atoms with Crippen molar-refractivity contribution in [2.24, 2.45) is 0 Å². The summed E-state index contributed by atoms with van der Waals surface area (Å²) in [6.45, 7) is 8.02. The highest BCUT2D eigenvalue weighted by molar-refractivity contribution is 5.87. The molecule has 0 spiro atoms. The molecule has 0 saturated carbocycles. The van der Waals surface area contributed by atoms with Gasteiger partial charge < -0.3 is 10.1 Å². The second-order valence-electron chi connectivity index (χ2n) is 4.58. The van der Waals surface area contributed by atoms with E-state index in [9.17, 15) is 22.8 Å². The van der Waals surface area contributed by atoms with Crippen LogP contribution in [0.4, 0.5) is 13.2 Å². The van der Waals surface area contributed by atoms with Crippen molar-refractivity contribution in [3.05, 3.63) is 12.7 Å². The monoisotopic (exact) mass is 267 g/mol. The Kier molecular flexibility index (Phi) is 5.38. The second-order valence-corrected chi connectivity index (χ2v) is 4.58. The smallest absolute Gasteiger partial charge is 0.458 e. The van der Waals surface area contributed by atoms with Crippen LogP contribution in [0.2, 0.25) is 0 Å². The van der Waals surface area contributed by atoms with Gasteiger partial charge in [-0.1, -0.05) is 6.08 Å². The quantitative estimate of drug-likeness (QED) is 0.625. The summed E-state index contributed by atoms with van der Waals surface area (Å²) in [4.78, 5) is 22.3. The highest BCUT2D eigenvalue weighted by atomic mass is 19.4. The van der Waals surface area contributed by atoms with Crippen LogP contribution in [0.3, 0.4) is 0 Å². The Hall–Kier alpha value is -1.53. The lowest BCUT2D eigenvalue weighted by Gasteiger charge is -2.24. The van der Waals surface area contributed by atoms with Gasteiger partial charge in [0.2, 0.25) is 0 Å². The Morgan fingerprint density at radius 1 is 1.33 bits per heavy atom. The summed E-state index contributed by atoms with van der Waals surface area (Å²) < 4.78 is 41.1. The lowest BCUT2D eigenvalue weighted by molar-refractivity contribution is -0.177. The first-order chi connectivity index (χ1) is 7.97. The van der Waals surface area contributed by atoms with Crippen molar-refractivity contribution < 1.29 is 27.5 Å². The van der Waals surface area contributed by atoms with E-state index in [1.54, 1.807) is 26.1 Å². The summed E-state index contributed by atoms with van der Waals surface area (Å²) in [5, 5.41) is 1.57. The van der Waals surface area contributed by atoms with Gasteiger partial charge in [0.1, 0.15) is 11.6 Å². The number of ether oxygens (including phenoxy) is 1. The lowest BCUT2D eigenvalue weighted by atomic mass is 10.1. The van der Waals surface area contributed by atoms with Crippen LogP contribution in [0.5, 0.6) is 0 Å². The first-order valence-electron chi connectivity index (χ1n) is 5.19. The molecule has 1 atom stereocenters. The number of alkyl halides is 3. The molecule has 18 heavy (non-hydrogen) atoms. The van der Waals surface area contributed by atoms with Gasteiger partial charge in [0.05, 0.1) is 0 Å². The molecule has 1 amide bonds. The molecular formula is C11H16F3NO3. The molecule has 0 aromatic heterocycles. The summed E-state index contributed by atoms with van der Waals surface area (Å²) in [7, 11) is 0. The molecule has 7 heteroatoms. The topological polar surface area (TPSA) is 55.4 Å². The average molecular weight is 267 g/mol. The Balaban J connectivity index is 4.72. The molecule has 0 aliphatic rings. The summed E-state index contributed by atoms with van der Waals surface area (Å²) in [6.07, 6.45) is -3.95. The molecule has 0 aliphatic heterocycles. The third-order valence-electron chi connectivity index (χ3n) is 1.66. The van der Waals surface area contributed by atoms with Crippen molar-refractivity contribution in [1.82, 2.24) is 5.32 Å². The Morgan fingerprint density at radius 3 is 2.17 bits per heavy atom. The van der Waals surface area contributed by atoms with Crippen LogP contribution in [0.1, 0.15) is 27.2 Å². The third-order valence-corrected chi connectivity index (χ3v) is 1.66. The van der Waals surface area contributed by atoms with Crippen LogP contribution >= 0.6 is 0 Å². The number of esters is 1. The van der Waals surface area contributed by atoms with E-state index in [4.69, 9.17) is 4.74 Å². The van der Waals surface area contributed by atoms with E-state index in [2.05, 4.69) is 6.58 Å². The Bertz CT molecular complexity index is 331. The van der Waals surface area contributed by atoms with E-state index in [0.717, 1.165) is 0 Å². The number of amides is 1. The second kappa shape index (κ2) is 5.88. The van der Waals surface area contributed by atoms with E-state index >= 15 is 0 Å². The largest absolute Gasteiger partial charge is 0.471 e. The third kappa shape index (κ3) is 6.27. The maximum Gasteiger partial charge on any atom is 0.471 e. The van der Waals surface area contributed by atoms with Gasteiger partial charge in [-0.2, -0.15) is 13.2 Å². The van der Waals surface area contributed by atoms with Gasteiger partial charge in [-0.15, -0.1) is 6.58 Å². The molecule has 0 radical (unpaired) electrons. The van der Waals surface area contributed by atoms with Gasteiger partial charge in [-0.25, -0.2) is 4.79 Å². The van der Waals surface area contributed by atoms with E-state index < -0.39 is 29.7 Å². The number of nitrogens with one attached hydrogen (secondary N) is 1. The summed E-state index contributed by atoms with van der Waals surface area (Å²) in [5.74, 6) is -3.11. The fourth-order valence-corrected chi connectivity index (χ4v) is 0.994. The van der Waals surface area contributed by atoms with Gasteiger partial charge in [-0.05, 0) is 27.2 Å². The first-order valence-corrected chi connectivity index (χ1v) is 5.19. The molecule has 0 rings (SSSR count). The fourth-order valence-electron chi connectivity index (χ4n) is 0.994. The normalized spacial score (nSPS) is 13.7. The van der Waals surface area contributed by atoms with Crippen molar-refractivity contribution >= 4 is 11.9 Å². The highest BCUT2D eigenvalue weighted by Gasteiger charge is 2.41. The standard InChI is InChI=1S/C11H16F3NO3/c1-5-6-7(8(16)18-10(2,3)4)15-9(17)11(12,13)14/h5,7H,1,6H2,2-4H3,(H,15,17). The molecule has 1 unspecified atom stereocenters. The molecule has 1 N–H and O–H groups in total. The average Bonchev–Trinajstić information content (AvgIpc) is 2.12. The fraction of sp³-hybridized carbons (Fsp3) is 0.636. The molecule has 0 bridgehead atoms. The van der Waals surface area contributed by atoms with Gasteiger partial charge in [0, 0.05) is 0 Å². The highest BCUT2D eigenvalue weighted by Crippen LogP contribution is 2.16. The molecule has 0 aromatic rings. The molecular weight excluding hydrogens is 251 g/mol. The van der Waals surface area contributed by atoms with Crippen molar-refractivity contribution in [2.45, 2.75) is 45.0 Å². The Morgan fingerprint density at radius 2 is 1.83 bits per heavy atom. The molecule has 0 fully saturated rings. The Labute approximate surface area is 103 Å². The van der Waals surface area contributed by atoms with Crippen LogP contribution in [-0.2, 0) is 14.3 Å². The molecule has 0 aromatic carbocycles. The number of hydrogen-bond donors (Lipinski definition) is 1. The van der Waals surface area contributed by atoms with Crippen LogP contribution in [-0.4, -0.2) is 29.7 Å². The van der Waals surface area contributed by atoms with Crippen molar-refractivity contribution in [1.29, 1.82) is 0 Å². The number of halogens is 3. The van der Waals surface area contributed by atoms with Crippen molar-refractivity contribution in [2.75, 3.05) is 0 Å². The van der Waals surface area contributed by atoms with Gasteiger partial charge in [0.25, 0.3) is 0 Å². The molecule has 104 valence electrons. The zero-order valence-electron chi connectivity index (χ0n) is 10.4. The number of carbonyl (C=O) groups is 2. The minimum absolute atomic E-state index is 0.142. The van der Waals surface area contributed by atoms with Crippen LogP contribution < -0.4 is 5.32 Å². The molecule has 4 nitrogen and oxygen atoms in total. The molecule has 0 aliphatic carbocycles. The molecule has 0 saturated heterocycles. The van der Waals surface area contributed by atoms with E-state index in [0.29, 0.717) is 0 Å². The SMILES string of the molecule is C=CCC(NC(=O)C(F)(F)F)C(=O)OC(C)(C)C. The number of hydrogen-bond acceptors (Lipinski definition) is 3. The number of carbonyl (C=O) groups excluding carboxylic acids is 2. The minimum Gasteiger partial charge on any atom is -0.458 e. The maximum absolute atomic E-state index is 12.1. The predicted octanol–water partition coefficient (Wildman–Crippen LogP) is 1.95. The number of rotatable bonds is 4. The van der Waals surface area contributed by atoms with E-state index in [1.165, 1.54) is 6.08 Å². The lowest BCUT2D eigenvalue weighted by Crippen LogP contribution is -2.48. The zero-order valence-corrected chi connectivity index (χ0v) is 10.4. The summed E-state index contributed by atoms with van der Waals surface area (Å²) in [6, 6.07) is -1.39. The minimum atomic E-state index is -5.04. The predicted molar refractivity (Wildman–Crippen MR) is 58.6 cm³/mol.